The topological polar surface area (TPSA) is 40.9 Å². The molecule has 2 nitrogen and oxygen atoms in total. The Labute approximate surface area is 133 Å². The van der Waals surface area contributed by atoms with Gasteiger partial charge in [-0.15, -0.1) is 0 Å². The number of hydrogen-bond donors (Lipinski definition) is 0. The summed E-state index contributed by atoms with van der Waals surface area (Å²) < 4.78 is 0. The van der Waals surface area contributed by atoms with Crippen molar-refractivity contribution in [3.05, 3.63) is 22.8 Å². The van der Waals surface area contributed by atoms with Crippen molar-refractivity contribution >= 4 is 5.78 Å². The third kappa shape index (κ3) is 1.94. The molecule has 0 amide bonds. The van der Waals surface area contributed by atoms with Gasteiger partial charge in [-0.3, -0.25) is 4.79 Å². The molecule has 22 heavy (non-hydrogen) atoms. The van der Waals surface area contributed by atoms with E-state index in [9.17, 15) is 4.79 Å². The van der Waals surface area contributed by atoms with E-state index in [-0.39, 0.29) is 5.41 Å². The lowest BCUT2D eigenvalue weighted by atomic mass is 9.54. The van der Waals surface area contributed by atoms with E-state index in [1.165, 1.54) is 36.8 Å². The standard InChI is InChI=1S/C20H25NO/c1-20-10-8-17-16-6-4-15(22)12-13(16)2-5-18(17)19(20)7-3-14(20)9-11-21/h9,17-19H,2-8,10,12H2,1H3/b14-9+/t17-,18-,19+,20-/m1/s1. The fourth-order valence-corrected chi connectivity index (χ4v) is 6.21. The molecule has 4 rings (SSSR count). The van der Waals surface area contributed by atoms with E-state index in [2.05, 4.69) is 13.0 Å². The summed E-state index contributed by atoms with van der Waals surface area (Å²) in [6, 6.07) is 2.28. The van der Waals surface area contributed by atoms with Crippen molar-refractivity contribution in [3.8, 4) is 6.07 Å². The first kappa shape index (κ1) is 14.2. The van der Waals surface area contributed by atoms with Crippen molar-refractivity contribution in [3.63, 3.8) is 0 Å². The summed E-state index contributed by atoms with van der Waals surface area (Å²) >= 11 is 0. The number of nitrogens with zero attached hydrogens (tertiary/aromatic N) is 1. The van der Waals surface area contributed by atoms with Gasteiger partial charge in [-0.2, -0.15) is 5.26 Å². The van der Waals surface area contributed by atoms with Crippen molar-refractivity contribution < 1.29 is 4.79 Å². The Morgan fingerprint density at radius 1 is 1.18 bits per heavy atom. The van der Waals surface area contributed by atoms with Crippen molar-refractivity contribution in [2.45, 2.75) is 64.7 Å². The van der Waals surface area contributed by atoms with Gasteiger partial charge in [0.1, 0.15) is 5.78 Å². The minimum absolute atomic E-state index is 0.277. The largest absolute Gasteiger partial charge is 0.299 e. The molecule has 0 N–H and O–H groups in total. The molecule has 4 aliphatic rings. The second-order valence-corrected chi connectivity index (χ2v) is 8.05. The van der Waals surface area contributed by atoms with E-state index < -0.39 is 0 Å². The molecule has 0 aromatic rings. The molecular weight excluding hydrogens is 270 g/mol. The molecule has 2 heteroatoms. The van der Waals surface area contributed by atoms with Crippen LogP contribution in [0.25, 0.3) is 0 Å². The van der Waals surface area contributed by atoms with Gasteiger partial charge in [-0.25, -0.2) is 0 Å². The number of fused-ring (bicyclic) bond motifs is 4. The third-order valence-electron chi connectivity index (χ3n) is 7.29. The average molecular weight is 295 g/mol. The molecule has 0 heterocycles. The first-order valence-electron chi connectivity index (χ1n) is 8.95. The number of ketones is 1. The molecule has 116 valence electrons. The van der Waals surface area contributed by atoms with E-state index in [1.807, 2.05) is 6.08 Å². The van der Waals surface area contributed by atoms with Crippen LogP contribution in [0, 0.1) is 34.5 Å². The first-order chi connectivity index (χ1) is 10.6. The number of hydrogen-bond acceptors (Lipinski definition) is 2. The summed E-state index contributed by atoms with van der Waals surface area (Å²) in [7, 11) is 0. The van der Waals surface area contributed by atoms with Crippen LogP contribution in [0.3, 0.4) is 0 Å². The zero-order valence-electron chi connectivity index (χ0n) is 13.5. The number of rotatable bonds is 0. The van der Waals surface area contributed by atoms with Gasteiger partial charge in [0.2, 0.25) is 0 Å². The van der Waals surface area contributed by atoms with Gasteiger partial charge in [0.05, 0.1) is 6.07 Å². The highest BCUT2D eigenvalue weighted by molar-refractivity contribution is 5.82. The molecule has 0 radical (unpaired) electrons. The molecular formula is C20H25NO. The fraction of sp³-hybridized carbons (Fsp3) is 0.700. The van der Waals surface area contributed by atoms with E-state index in [1.54, 1.807) is 5.57 Å². The maximum Gasteiger partial charge on any atom is 0.137 e. The zero-order chi connectivity index (χ0) is 15.3. The van der Waals surface area contributed by atoms with Crippen molar-refractivity contribution in [2.24, 2.45) is 23.2 Å². The predicted octanol–water partition coefficient (Wildman–Crippen LogP) is 4.72. The summed E-state index contributed by atoms with van der Waals surface area (Å²) in [5.74, 6) is 2.77. The Morgan fingerprint density at radius 3 is 2.86 bits per heavy atom. The molecule has 0 aromatic carbocycles. The van der Waals surface area contributed by atoms with Gasteiger partial charge < -0.3 is 0 Å². The van der Waals surface area contributed by atoms with E-state index in [0.717, 1.165) is 49.9 Å². The quantitative estimate of drug-likeness (QED) is 0.479. The molecule has 0 saturated heterocycles. The van der Waals surface area contributed by atoms with Gasteiger partial charge in [0.25, 0.3) is 0 Å². The van der Waals surface area contributed by atoms with Crippen LogP contribution in [0.5, 0.6) is 0 Å². The smallest absolute Gasteiger partial charge is 0.137 e. The second-order valence-electron chi connectivity index (χ2n) is 8.05. The minimum Gasteiger partial charge on any atom is -0.299 e. The SMILES string of the molecule is C[C@]12CC[C@@H]3C4=C(CC[C@H]3[C@@H]1CC/C2=C\C#N)CC(=O)CC4. The highest BCUT2D eigenvalue weighted by Crippen LogP contribution is 2.62. The van der Waals surface area contributed by atoms with Gasteiger partial charge >= 0.3 is 0 Å². The molecule has 4 aliphatic carbocycles. The van der Waals surface area contributed by atoms with Crippen LogP contribution in [0.15, 0.2) is 22.8 Å². The van der Waals surface area contributed by atoms with Crippen LogP contribution in [-0.2, 0) is 4.79 Å². The van der Waals surface area contributed by atoms with Gasteiger partial charge in [-0.05, 0) is 68.1 Å². The lowest BCUT2D eigenvalue weighted by Gasteiger charge is -2.50. The summed E-state index contributed by atoms with van der Waals surface area (Å²) in [6.07, 6.45) is 11.7. The lowest BCUT2D eigenvalue weighted by molar-refractivity contribution is -0.119. The number of carbonyl (C=O) groups is 1. The molecule has 0 aromatic heterocycles. The maximum atomic E-state index is 11.8. The van der Waals surface area contributed by atoms with E-state index in [4.69, 9.17) is 5.26 Å². The summed E-state index contributed by atoms with van der Waals surface area (Å²) in [5.41, 5.74) is 4.87. The Bertz CT molecular complexity index is 620. The van der Waals surface area contributed by atoms with Crippen molar-refractivity contribution in [1.82, 2.24) is 0 Å². The van der Waals surface area contributed by atoms with Crippen LogP contribution >= 0.6 is 0 Å². The number of Topliss-reactive ketones (excluding diaryl/α,β-unsaturated/α-hetero) is 1. The monoisotopic (exact) mass is 295 g/mol. The minimum atomic E-state index is 0.277. The molecule has 0 bridgehead atoms. The summed E-state index contributed by atoms with van der Waals surface area (Å²) in [6.45, 7) is 2.42. The Kier molecular flexibility index (Phi) is 3.29. The summed E-state index contributed by atoms with van der Waals surface area (Å²) in [5, 5.41) is 9.08. The Hall–Kier alpha value is -1.36. The molecule has 4 atom stereocenters. The van der Waals surface area contributed by atoms with Gasteiger partial charge in [0.15, 0.2) is 0 Å². The van der Waals surface area contributed by atoms with Crippen LogP contribution in [0.4, 0.5) is 0 Å². The van der Waals surface area contributed by atoms with Gasteiger partial charge in [-0.1, -0.05) is 23.6 Å². The number of carbonyl (C=O) groups excluding carboxylic acids is 1. The zero-order valence-corrected chi connectivity index (χ0v) is 13.5. The Balaban J connectivity index is 1.65. The average Bonchev–Trinajstić information content (AvgIpc) is 2.84. The Morgan fingerprint density at radius 2 is 2.05 bits per heavy atom. The number of allylic oxidation sites excluding steroid dienone is 4. The predicted molar refractivity (Wildman–Crippen MR) is 85.9 cm³/mol. The third-order valence-corrected chi connectivity index (χ3v) is 7.29. The normalized spacial score (nSPS) is 42.6. The van der Waals surface area contributed by atoms with Crippen LogP contribution in [-0.4, -0.2) is 5.78 Å². The first-order valence-corrected chi connectivity index (χ1v) is 8.95. The van der Waals surface area contributed by atoms with Crippen LogP contribution in [0.1, 0.15) is 64.7 Å². The fourth-order valence-electron chi connectivity index (χ4n) is 6.21. The van der Waals surface area contributed by atoms with Crippen molar-refractivity contribution in [1.29, 1.82) is 5.26 Å². The highest BCUT2D eigenvalue weighted by atomic mass is 16.1. The highest BCUT2D eigenvalue weighted by Gasteiger charge is 2.52. The molecule has 2 saturated carbocycles. The van der Waals surface area contributed by atoms with Gasteiger partial charge in [0, 0.05) is 18.9 Å². The molecule has 0 aliphatic heterocycles. The summed E-state index contributed by atoms with van der Waals surface area (Å²) in [4.78, 5) is 11.8. The van der Waals surface area contributed by atoms with Crippen LogP contribution in [0.2, 0.25) is 0 Å². The number of nitriles is 1. The molecule has 0 unspecified atom stereocenters. The molecule has 0 spiro atoms. The van der Waals surface area contributed by atoms with E-state index in [0.29, 0.717) is 5.78 Å². The molecule has 2 fully saturated rings. The van der Waals surface area contributed by atoms with E-state index >= 15 is 0 Å². The van der Waals surface area contributed by atoms with Crippen molar-refractivity contribution in [2.75, 3.05) is 0 Å². The maximum absolute atomic E-state index is 11.8. The second kappa shape index (κ2) is 5.08. The van der Waals surface area contributed by atoms with Crippen LogP contribution < -0.4 is 0 Å². The lowest BCUT2D eigenvalue weighted by Crippen LogP contribution is -2.42.